The number of halogens is 5. The second-order valence-corrected chi connectivity index (χ2v) is 11.1. The maximum absolute atomic E-state index is 15.0. The average molecular weight is 637 g/mol. The number of rotatable bonds is 9. The summed E-state index contributed by atoms with van der Waals surface area (Å²) in [6.45, 7) is 0.599. The molecule has 1 aliphatic rings. The maximum atomic E-state index is 15.0. The molecule has 1 amide bonds. The fourth-order valence-corrected chi connectivity index (χ4v) is 5.62. The third-order valence-corrected chi connectivity index (χ3v) is 8.06. The molecular weight excluding hydrogens is 607 g/mol. The van der Waals surface area contributed by atoms with Gasteiger partial charge in [0.2, 0.25) is 5.91 Å². The molecular formula is C33H29F5N6O2. The summed E-state index contributed by atoms with van der Waals surface area (Å²) in [5, 5.41) is 5.99. The van der Waals surface area contributed by atoms with Crippen LogP contribution in [-0.4, -0.2) is 46.2 Å². The Labute approximate surface area is 260 Å². The van der Waals surface area contributed by atoms with E-state index in [4.69, 9.17) is 10.5 Å². The van der Waals surface area contributed by atoms with Crippen molar-refractivity contribution in [3.63, 3.8) is 0 Å². The van der Waals surface area contributed by atoms with Gasteiger partial charge in [-0.2, -0.15) is 0 Å². The van der Waals surface area contributed by atoms with Crippen LogP contribution in [0.1, 0.15) is 40.9 Å². The molecule has 1 saturated heterocycles. The van der Waals surface area contributed by atoms with Gasteiger partial charge in [0.25, 0.3) is 0 Å². The van der Waals surface area contributed by atoms with Gasteiger partial charge in [-0.25, -0.2) is 26.9 Å². The number of hydrogen-bond donors (Lipinski definition) is 4. The van der Waals surface area contributed by atoms with Crippen molar-refractivity contribution in [3.8, 4) is 0 Å². The summed E-state index contributed by atoms with van der Waals surface area (Å²) < 4.78 is 75.5. The van der Waals surface area contributed by atoms with Crippen LogP contribution in [0.4, 0.5) is 27.6 Å². The molecule has 0 saturated carbocycles. The molecule has 6 rings (SSSR count). The van der Waals surface area contributed by atoms with Crippen LogP contribution in [0, 0.1) is 29.1 Å². The number of fused-ring (bicyclic) bond motifs is 1. The highest BCUT2D eigenvalue weighted by molar-refractivity contribution is 5.96. The zero-order chi connectivity index (χ0) is 32.4. The number of nitrogens with one attached hydrogen (secondary N) is 3. The van der Waals surface area contributed by atoms with Crippen molar-refractivity contribution in [1.82, 2.24) is 20.3 Å². The fourth-order valence-electron chi connectivity index (χ4n) is 5.62. The van der Waals surface area contributed by atoms with Gasteiger partial charge in [-0.15, -0.1) is 0 Å². The van der Waals surface area contributed by atoms with Crippen molar-refractivity contribution in [3.05, 3.63) is 125 Å². The van der Waals surface area contributed by atoms with E-state index in [1.165, 1.54) is 54.7 Å². The van der Waals surface area contributed by atoms with E-state index in [1.54, 1.807) is 0 Å². The number of aromatic amines is 1. The molecule has 46 heavy (non-hydrogen) atoms. The molecule has 1 aliphatic heterocycles. The Kier molecular flexibility index (Phi) is 9.06. The highest BCUT2D eigenvalue weighted by Gasteiger charge is 2.30. The molecule has 5 N–H and O–H groups in total. The third-order valence-electron chi connectivity index (χ3n) is 8.06. The first-order valence-corrected chi connectivity index (χ1v) is 14.6. The summed E-state index contributed by atoms with van der Waals surface area (Å²) in [5.74, 6) is -4.45. The number of nitrogens with zero attached hydrogens (tertiary/aromatic N) is 2. The van der Waals surface area contributed by atoms with Gasteiger partial charge in [-0.05, 0) is 48.2 Å². The molecule has 3 aromatic carbocycles. The van der Waals surface area contributed by atoms with Crippen LogP contribution in [0.5, 0.6) is 0 Å². The predicted molar refractivity (Wildman–Crippen MR) is 160 cm³/mol. The maximum Gasteiger partial charge on any atom is 0.242 e. The summed E-state index contributed by atoms with van der Waals surface area (Å²) >= 11 is 0. The number of imidazole rings is 1. The molecule has 5 aromatic rings. The first-order chi connectivity index (χ1) is 22.2. The van der Waals surface area contributed by atoms with Gasteiger partial charge < -0.3 is 26.1 Å². The first-order valence-electron chi connectivity index (χ1n) is 14.6. The number of morpholine rings is 1. The lowest BCUT2D eigenvalue weighted by Crippen LogP contribution is -2.42. The summed E-state index contributed by atoms with van der Waals surface area (Å²) in [4.78, 5) is 24.7. The largest absolute Gasteiger partial charge is 0.375 e. The normalized spacial score (nSPS) is 17.4. The van der Waals surface area contributed by atoms with E-state index >= 15 is 4.39 Å². The number of ether oxygens (including phenoxy) is 1. The van der Waals surface area contributed by atoms with Crippen LogP contribution in [0.15, 0.2) is 73.1 Å². The number of aromatic nitrogens is 3. The number of carbonyl (C=O) groups is 1. The zero-order valence-electron chi connectivity index (χ0n) is 24.2. The SMILES string of the molecule is N[C@H](C(=O)Nc1cncc(F)c1CC[C@@H]1CNC(c2nc3cc(F)c(F)cc3[nH]2)CO1)C(c1ccc(F)cc1)c1ccc(F)cc1. The highest BCUT2D eigenvalue weighted by atomic mass is 19.2. The Hall–Kier alpha value is -4.72. The molecule has 0 bridgehead atoms. The molecule has 0 spiro atoms. The van der Waals surface area contributed by atoms with Crippen LogP contribution >= 0.6 is 0 Å². The van der Waals surface area contributed by atoms with Gasteiger partial charge in [0.1, 0.15) is 23.3 Å². The molecule has 3 atom stereocenters. The van der Waals surface area contributed by atoms with Gasteiger partial charge in [0.05, 0.1) is 53.9 Å². The van der Waals surface area contributed by atoms with Crippen LogP contribution in [0.3, 0.4) is 0 Å². The molecule has 13 heteroatoms. The lowest BCUT2D eigenvalue weighted by atomic mass is 9.85. The number of nitrogens with two attached hydrogens (primary N) is 1. The number of hydrogen-bond acceptors (Lipinski definition) is 6. The number of amides is 1. The first kappa shape index (κ1) is 31.3. The highest BCUT2D eigenvalue weighted by Crippen LogP contribution is 2.30. The molecule has 0 radical (unpaired) electrons. The molecule has 8 nitrogen and oxygen atoms in total. The van der Waals surface area contributed by atoms with Crippen LogP contribution < -0.4 is 16.4 Å². The number of anilines is 1. The summed E-state index contributed by atoms with van der Waals surface area (Å²) in [6.07, 6.45) is 2.65. The van der Waals surface area contributed by atoms with Crippen molar-refractivity contribution in [2.24, 2.45) is 5.73 Å². The van der Waals surface area contributed by atoms with Gasteiger partial charge in [0, 0.05) is 30.2 Å². The van der Waals surface area contributed by atoms with E-state index in [9.17, 15) is 22.4 Å². The van der Waals surface area contributed by atoms with Crippen LogP contribution in [0.2, 0.25) is 0 Å². The molecule has 1 unspecified atom stereocenters. The van der Waals surface area contributed by atoms with Crippen molar-refractivity contribution >= 4 is 22.6 Å². The fraction of sp³-hybridized carbons (Fsp3) is 0.242. The van der Waals surface area contributed by atoms with Crippen molar-refractivity contribution < 1.29 is 31.5 Å². The van der Waals surface area contributed by atoms with Crippen LogP contribution in [0.25, 0.3) is 11.0 Å². The number of pyridine rings is 1. The van der Waals surface area contributed by atoms with E-state index in [1.807, 2.05) is 0 Å². The molecule has 1 fully saturated rings. The van der Waals surface area contributed by atoms with Gasteiger partial charge in [-0.3, -0.25) is 9.78 Å². The minimum Gasteiger partial charge on any atom is -0.375 e. The van der Waals surface area contributed by atoms with E-state index in [0.717, 1.165) is 18.3 Å². The average Bonchev–Trinajstić information content (AvgIpc) is 3.45. The lowest BCUT2D eigenvalue weighted by molar-refractivity contribution is -0.117. The minimum atomic E-state index is -1.21. The van der Waals surface area contributed by atoms with Gasteiger partial charge in [0.15, 0.2) is 11.6 Å². The Balaban J connectivity index is 1.12. The molecule has 3 heterocycles. The minimum absolute atomic E-state index is 0.140. The van der Waals surface area contributed by atoms with Crippen molar-refractivity contribution in [2.45, 2.75) is 36.9 Å². The molecule has 0 aliphatic carbocycles. The van der Waals surface area contributed by atoms with E-state index in [2.05, 4.69) is 25.6 Å². The van der Waals surface area contributed by atoms with Crippen molar-refractivity contribution in [2.75, 3.05) is 18.5 Å². The Morgan fingerprint density at radius 3 is 2.22 bits per heavy atom. The smallest absolute Gasteiger partial charge is 0.242 e. The Morgan fingerprint density at radius 1 is 0.935 bits per heavy atom. The topological polar surface area (TPSA) is 118 Å². The third kappa shape index (κ3) is 6.76. The Morgan fingerprint density at radius 2 is 1.59 bits per heavy atom. The second kappa shape index (κ2) is 13.3. The summed E-state index contributed by atoms with van der Waals surface area (Å²) in [6, 6.07) is 11.5. The monoisotopic (exact) mass is 636 g/mol. The molecule has 238 valence electrons. The number of H-pyrrole nitrogens is 1. The van der Waals surface area contributed by atoms with Crippen molar-refractivity contribution in [1.29, 1.82) is 0 Å². The summed E-state index contributed by atoms with van der Waals surface area (Å²) in [7, 11) is 0. The lowest BCUT2D eigenvalue weighted by Gasteiger charge is -2.29. The van der Waals surface area contributed by atoms with Crippen LogP contribution in [-0.2, 0) is 16.0 Å². The summed E-state index contributed by atoms with van der Waals surface area (Å²) in [5.41, 5.74) is 8.52. The van der Waals surface area contributed by atoms with E-state index in [0.29, 0.717) is 41.0 Å². The number of benzene rings is 3. The second-order valence-electron chi connectivity index (χ2n) is 11.1. The predicted octanol–water partition coefficient (Wildman–Crippen LogP) is 5.41. The number of carbonyl (C=O) groups excluding carboxylic acids is 1. The van der Waals surface area contributed by atoms with Gasteiger partial charge >= 0.3 is 0 Å². The quantitative estimate of drug-likeness (QED) is 0.161. The van der Waals surface area contributed by atoms with E-state index < -0.39 is 47.0 Å². The van der Waals surface area contributed by atoms with Gasteiger partial charge in [-0.1, -0.05) is 24.3 Å². The zero-order valence-corrected chi connectivity index (χ0v) is 24.2. The molecule has 2 aromatic heterocycles. The standard InChI is InChI=1S/C33H29F5N6O2/c34-19-5-1-17(2-6-19)30(18-3-7-20(35)8-4-18)31(39)33(45)44-28-15-40-14-25(38)22(28)10-9-21-13-41-29(16-46-21)32-42-26-11-23(36)24(37)12-27(26)43-32/h1-8,11-12,14-15,21,29-31,41H,9-10,13,16,39H2,(H,42,43)(H,44,45)/t21-,29?,31+/m1/s1. The van der Waals surface area contributed by atoms with E-state index in [-0.39, 0.29) is 36.4 Å². The Bertz CT molecular complexity index is 1760.